The van der Waals surface area contributed by atoms with Crippen molar-refractivity contribution in [3.63, 3.8) is 0 Å². The number of aliphatic hydroxyl groups excluding tert-OH is 1. The summed E-state index contributed by atoms with van der Waals surface area (Å²) >= 11 is 0. The molecule has 0 radical (unpaired) electrons. The molecule has 0 bridgehead atoms. The Morgan fingerprint density at radius 2 is 2.12 bits per heavy atom. The molecule has 3 rings (SSSR count). The van der Waals surface area contributed by atoms with Gasteiger partial charge in [-0.05, 0) is 18.6 Å². The molecule has 2 aromatic rings. The van der Waals surface area contributed by atoms with Crippen molar-refractivity contribution in [2.24, 2.45) is 0 Å². The standard InChI is InChI=1S/C12H13N3O2/c16-8-5-6-15-11(7-8)13-12(14-15)9-3-1-2-4-10(9)17/h1-4,8,16-17H,5-7H2. The van der Waals surface area contributed by atoms with E-state index >= 15 is 0 Å². The van der Waals surface area contributed by atoms with Gasteiger partial charge in [-0.1, -0.05) is 12.1 Å². The first-order chi connectivity index (χ1) is 8.24. The quantitative estimate of drug-likeness (QED) is 0.766. The molecule has 2 heterocycles. The molecule has 5 heteroatoms. The molecule has 0 spiro atoms. The Kier molecular flexibility index (Phi) is 2.33. The maximum Gasteiger partial charge on any atom is 0.185 e. The molecule has 1 unspecified atom stereocenters. The number of hydrogen-bond acceptors (Lipinski definition) is 4. The van der Waals surface area contributed by atoms with Crippen LogP contribution in [0.1, 0.15) is 12.2 Å². The Hall–Kier alpha value is -1.88. The molecule has 2 N–H and O–H groups in total. The molecule has 1 aliphatic heterocycles. The molecular weight excluding hydrogens is 218 g/mol. The van der Waals surface area contributed by atoms with E-state index in [1.54, 1.807) is 22.9 Å². The summed E-state index contributed by atoms with van der Waals surface area (Å²) in [5, 5.41) is 23.6. The van der Waals surface area contributed by atoms with E-state index in [0.29, 0.717) is 30.8 Å². The first kappa shape index (κ1) is 10.3. The number of hydrogen-bond donors (Lipinski definition) is 2. The fourth-order valence-electron chi connectivity index (χ4n) is 2.07. The van der Waals surface area contributed by atoms with Crippen LogP contribution in [-0.4, -0.2) is 31.1 Å². The van der Waals surface area contributed by atoms with E-state index in [9.17, 15) is 10.2 Å². The number of para-hydroxylation sites is 1. The van der Waals surface area contributed by atoms with E-state index in [0.717, 1.165) is 5.82 Å². The number of aryl methyl sites for hydroxylation is 1. The Bertz CT molecular complexity index is 550. The number of aliphatic hydroxyl groups is 1. The highest BCUT2D eigenvalue weighted by Gasteiger charge is 2.21. The van der Waals surface area contributed by atoms with Crippen LogP contribution in [0.2, 0.25) is 0 Å². The van der Waals surface area contributed by atoms with Gasteiger partial charge in [-0.25, -0.2) is 9.67 Å². The lowest BCUT2D eigenvalue weighted by Crippen LogP contribution is -2.23. The summed E-state index contributed by atoms with van der Waals surface area (Å²) in [6, 6.07) is 7.00. The van der Waals surface area contributed by atoms with Gasteiger partial charge in [-0.15, -0.1) is 0 Å². The molecule has 0 saturated carbocycles. The Labute approximate surface area is 98.4 Å². The zero-order valence-corrected chi connectivity index (χ0v) is 9.24. The molecule has 1 aliphatic rings. The number of rotatable bonds is 1. The average molecular weight is 231 g/mol. The van der Waals surface area contributed by atoms with Gasteiger partial charge in [0.15, 0.2) is 5.82 Å². The van der Waals surface area contributed by atoms with Crippen LogP contribution in [0.5, 0.6) is 5.75 Å². The average Bonchev–Trinajstić information content (AvgIpc) is 2.72. The zero-order valence-electron chi connectivity index (χ0n) is 9.24. The van der Waals surface area contributed by atoms with Gasteiger partial charge in [-0.3, -0.25) is 0 Å². The van der Waals surface area contributed by atoms with Crippen LogP contribution >= 0.6 is 0 Å². The Balaban J connectivity index is 2.03. The summed E-state index contributed by atoms with van der Waals surface area (Å²) in [5.74, 6) is 1.48. The van der Waals surface area contributed by atoms with Crippen LogP contribution in [-0.2, 0) is 13.0 Å². The van der Waals surface area contributed by atoms with Crippen LogP contribution in [0.25, 0.3) is 11.4 Å². The van der Waals surface area contributed by atoms with Crippen LogP contribution in [0.15, 0.2) is 24.3 Å². The van der Waals surface area contributed by atoms with Crippen molar-refractivity contribution < 1.29 is 10.2 Å². The second-order valence-electron chi connectivity index (χ2n) is 4.24. The van der Waals surface area contributed by atoms with Gasteiger partial charge in [0.1, 0.15) is 11.6 Å². The molecule has 0 aliphatic carbocycles. The van der Waals surface area contributed by atoms with Gasteiger partial charge < -0.3 is 10.2 Å². The molecule has 17 heavy (non-hydrogen) atoms. The number of phenols is 1. The molecule has 1 atom stereocenters. The van der Waals surface area contributed by atoms with E-state index in [1.165, 1.54) is 0 Å². The van der Waals surface area contributed by atoms with Crippen molar-refractivity contribution in [2.45, 2.75) is 25.5 Å². The minimum absolute atomic E-state index is 0.177. The maximum atomic E-state index is 9.74. The first-order valence-corrected chi connectivity index (χ1v) is 5.64. The van der Waals surface area contributed by atoms with Crippen LogP contribution in [0, 0.1) is 0 Å². The third-order valence-corrected chi connectivity index (χ3v) is 2.99. The number of fused-ring (bicyclic) bond motifs is 1. The number of aromatic hydroxyl groups is 1. The van der Waals surface area contributed by atoms with Crippen molar-refractivity contribution in [1.82, 2.24) is 14.8 Å². The van der Waals surface area contributed by atoms with Gasteiger partial charge in [0.2, 0.25) is 0 Å². The van der Waals surface area contributed by atoms with Gasteiger partial charge in [-0.2, -0.15) is 5.10 Å². The summed E-state index contributed by atoms with van der Waals surface area (Å²) in [6.07, 6.45) is 0.904. The van der Waals surface area contributed by atoms with Crippen LogP contribution < -0.4 is 0 Å². The Morgan fingerprint density at radius 3 is 2.94 bits per heavy atom. The lowest BCUT2D eigenvalue weighted by molar-refractivity contribution is 0.138. The van der Waals surface area contributed by atoms with Crippen molar-refractivity contribution in [2.75, 3.05) is 0 Å². The minimum atomic E-state index is -0.330. The maximum absolute atomic E-state index is 9.74. The molecule has 1 aromatic carbocycles. The highest BCUT2D eigenvalue weighted by molar-refractivity contribution is 5.63. The molecular formula is C12H13N3O2. The lowest BCUT2D eigenvalue weighted by atomic mass is 10.1. The predicted molar refractivity (Wildman–Crippen MR) is 61.5 cm³/mol. The summed E-state index contributed by atoms with van der Waals surface area (Å²) in [7, 11) is 0. The second kappa shape index (κ2) is 3.85. The highest BCUT2D eigenvalue weighted by Crippen LogP contribution is 2.27. The van der Waals surface area contributed by atoms with Crippen molar-refractivity contribution in [1.29, 1.82) is 0 Å². The third-order valence-electron chi connectivity index (χ3n) is 2.99. The summed E-state index contributed by atoms with van der Waals surface area (Å²) in [4.78, 5) is 4.36. The van der Waals surface area contributed by atoms with Crippen molar-refractivity contribution in [3.05, 3.63) is 30.1 Å². The first-order valence-electron chi connectivity index (χ1n) is 5.64. The summed E-state index contributed by atoms with van der Waals surface area (Å²) in [5.41, 5.74) is 0.629. The molecule has 1 aromatic heterocycles. The van der Waals surface area contributed by atoms with Crippen LogP contribution in [0.3, 0.4) is 0 Å². The monoisotopic (exact) mass is 231 g/mol. The fourth-order valence-corrected chi connectivity index (χ4v) is 2.07. The largest absolute Gasteiger partial charge is 0.507 e. The molecule has 0 amide bonds. The van der Waals surface area contributed by atoms with Crippen molar-refractivity contribution >= 4 is 0 Å². The van der Waals surface area contributed by atoms with E-state index in [4.69, 9.17) is 0 Å². The number of benzene rings is 1. The number of aromatic nitrogens is 3. The van der Waals surface area contributed by atoms with Gasteiger partial charge in [0, 0.05) is 13.0 Å². The molecule has 0 fully saturated rings. The zero-order chi connectivity index (χ0) is 11.8. The lowest BCUT2D eigenvalue weighted by Gasteiger charge is -2.16. The fraction of sp³-hybridized carbons (Fsp3) is 0.333. The predicted octanol–water partition coefficient (Wildman–Crippen LogP) is 0.958. The molecule has 88 valence electrons. The topological polar surface area (TPSA) is 71.2 Å². The Morgan fingerprint density at radius 1 is 1.29 bits per heavy atom. The SMILES string of the molecule is Oc1ccccc1-c1nc2n(n1)CCC(O)C2. The highest BCUT2D eigenvalue weighted by atomic mass is 16.3. The minimum Gasteiger partial charge on any atom is -0.507 e. The van der Waals surface area contributed by atoms with Crippen molar-refractivity contribution in [3.8, 4) is 17.1 Å². The normalized spacial score (nSPS) is 19.0. The van der Waals surface area contributed by atoms with Gasteiger partial charge >= 0.3 is 0 Å². The van der Waals surface area contributed by atoms with E-state index < -0.39 is 0 Å². The smallest absolute Gasteiger partial charge is 0.185 e. The molecule has 5 nitrogen and oxygen atoms in total. The van der Waals surface area contributed by atoms with E-state index in [2.05, 4.69) is 10.1 Å². The van der Waals surface area contributed by atoms with Crippen LogP contribution in [0.4, 0.5) is 0 Å². The third kappa shape index (κ3) is 1.78. The molecule has 0 saturated heterocycles. The summed E-state index contributed by atoms with van der Waals surface area (Å²) < 4.78 is 1.80. The second-order valence-corrected chi connectivity index (χ2v) is 4.24. The number of nitrogens with zero attached hydrogens (tertiary/aromatic N) is 3. The van der Waals surface area contributed by atoms with Gasteiger partial charge in [0.05, 0.1) is 11.7 Å². The van der Waals surface area contributed by atoms with E-state index in [1.807, 2.05) is 6.07 Å². The summed E-state index contributed by atoms with van der Waals surface area (Å²) in [6.45, 7) is 0.678. The number of phenolic OH excluding ortho intramolecular Hbond substituents is 1. The van der Waals surface area contributed by atoms with E-state index in [-0.39, 0.29) is 11.9 Å². The van der Waals surface area contributed by atoms with Gasteiger partial charge in [0.25, 0.3) is 0 Å².